The van der Waals surface area contributed by atoms with Crippen LogP contribution < -0.4 is 5.32 Å². The van der Waals surface area contributed by atoms with E-state index in [1.165, 1.54) is 6.42 Å². The lowest BCUT2D eigenvalue weighted by Crippen LogP contribution is -2.24. The van der Waals surface area contributed by atoms with E-state index in [9.17, 15) is 0 Å². The van der Waals surface area contributed by atoms with Gasteiger partial charge in [0.05, 0.1) is 10.0 Å². The molecule has 94 valence electrons. The Morgan fingerprint density at radius 3 is 2.53 bits per heavy atom. The molecule has 0 spiro atoms. The Morgan fingerprint density at radius 2 is 2.00 bits per heavy atom. The number of pyridine rings is 1. The number of nitrogens with zero attached hydrogens (tertiary/aromatic N) is 1. The van der Waals surface area contributed by atoms with Crippen LogP contribution in [-0.4, -0.2) is 17.6 Å². The maximum Gasteiger partial charge on any atom is 0.0636 e. The maximum atomic E-state index is 6.13. The zero-order chi connectivity index (χ0) is 12.4. The average Bonchev–Trinajstić information content (AvgIpc) is 2.72. The monoisotopic (exact) mass is 272 g/mol. The molecule has 2 nitrogen and oxygen atoms in total. The minimum atomic E-state index is 0.486. The van der Waals surface area contributed by atoms with Crippen LogP contribution in [0.15, 0.2) is 12.4 Å². The van der Waals surface area contributed by atoms with Crippen molar-refractivity contribution >= 4 is 23.2 Å². The molecule has 0 bridgehead atoms. The molecule has 1 aliphatic rings. The lowest BCUT2D eigenvalue weighted by Gasteiger charge is -2.14. The molecule has 4 heteroatoms. The van der Waals surface area contributed by atoms with Gasteiger partial charge in [0.25, 0.3) is 0 Å². The smallest absolute Gasteiger partial charge is 0.0636 e. The van der Waals surface area contributed by atoms with E-state index in [0.717, 1.165) is 30.4 Å². The number of hydrogen-bond donors (Lipinski definition) is 1. The van der Waals surface area contributed by atoms with Crippen molar-refractivity contribution in [3.05, 3.63) is 28.0 Å². The first-order chi connectivity index (χ1) is 8.08. The Morgan fingerprint density at radius 1 is 1.35 bits per heavy atom. The normalized spacial score (nSPS) is 24.5. The Hall–Kier alpha value is -0.310. The van der Waals surface area contributed by atoms with Crippen molar-refractivity contribution < 1.29 is 0 Å². The quantitative estimate of drug-likeness (QED) is 0.910. The Kier molecular flexibility index (Phi) is 4.29. The van der Waals surface area contributed by atoms with Gasteiger partial charge in [-0.15, -0.1) is 0 Å². The second-order valence-corrected chi connectivity index (χ2v) is 5.95. The molecule has 2 rings (SSSR count). The Bertz CT molecular complexity index is 373. The van der Waals surface area contributed by atoms with E-state index >= 15 is 0 Å². The molecule has 1 saturated heterocycles. The minimum Gasteiger partial charge on any atom is -0.313 e. The number of nitrogens with one attached hydrogen (secondary N) is 1. The van der Waals surface area contributed by atoms with Crippen molar-refractivity contribution in [1.29, 1.82) is 0 Å². The Labute approximate surface area is 113 Å². The number of hydrogen-bond acceptors (Lipinski definition) is 2. The van der Waals surface area contributed by atoms with Crippen LogP contribution in [0.5, 0.6) is 0 Å². The van der Waals surface area contributed by atoms with Gasteiger partial charge in [-0.25, -0.2) is 0 Å². The van der Waals surface area contributed by atoms with Crippen LogP contribution in [0.3, 0.4) is 0 Å². The lowest BCUT2D eigenvalue weighted by atomic mass is 9.92. The van der Waals surface area contributed by atoms with Crippen LogP contribution in [-0.2, 0) is 6.42 Å². The van der Waals surface area contributed by atoms with Gasteiger partial charge in [-0.1, -0.05) is 37.0 Å². The van der Waals surface area contributed by atoms with Gasteiger partial charge in [0, 0.05) is 18.4 Å². The highest BCUT2D eigenvalue weighted by atomic mass is 35.5. The molecule has 1 aromatic heterocycles. The molecule has 1 aromatic rings. The number of aromatic nitrogens is 1. The fourth-order valence-corrected chi connectivity index (χ4v) is 2.91. The summed E-state index contributed by atoms with van der Waals surface area (Å²) in [6.45, 7) is 5.66. The van der Waals surface area contributed by atoms with Gasteiger partial charge in [-0.05, 0) is 36.8 Å². The molecule has 1 fully saturated rings. The van der Waals surface area contributed by atoms with Crippen LogP contribution in [0.1, 0.15) is 25.8 Å². The zero-order valence-electron chi connectivity index (χ0n) is 10.2. The summed E-state index contributed by atoms with van der Waals surface area (Å²) in [6, 6.07) is 0.486. The fraction of sp³-hybridized carbons (Fsp3) is 0.615. The van der Waals surface area contributed by atoms with Crippen LogP contribution in [0.4, 0.5) is 0 Å². The van der Waals surface area contributed by atoms with E-state index in [-0.39, 0.29) is 0 Å². The predicted molar refractivity (Wildman–Crippen MR) is 72.7 cm³/mol. The molecule has 17 heavy (non-hydrogen) atoms. The van der Waals surface area contributed by atoms with Crippen molar-refractivity contribution in [2.24, 2.45) is 11.8 Å². The fourth-order valence-electron chi connectivity index (χ4n) is 2.39. The first-order valence-corrected chi connectivity index (χ1v) is 6.84. The second kappa shape index (κ2) is 5.55. The summed E-state index contributed by atoms with van der Waals surface area (Å²) >= 11 is 12.3. The molecular weight excluding hydrogens is 255 g/mol. The molecule has 0 amide bonds. The van der Waals surface area contributed by atoms with Crippen LogP contribution in [0, 0.1) is 11.8 Å². The molecule has 0 saturated carbocycles. The Balaban J connectivity index is 2.03. The molecular formula is C13H18Cl2N2. The first-order valence-electron chi connectivity index (χ1n) is 6.09. The van der Waals surface area contributed by atoms with Crippen molar-refractivity contribution in [2.75, 3.05) is 6.54 Å². The average molecular weight is 273 g/mol. The van der Waals surface area contributed by atoms with Crippen molar-refractivity contribution in [1.82, 2.24) is 10.3 Å². The van der Waals surface area contributed by atoms with E-state index in [2.05, 4.69) is 24.1 Å². The van der Waals surface area contributed by atoms with E-state index in [1.54, 1.807) is 12.4 Å². The van der Waals surface area contributed by atoms with Crippen molar-refractivity contribution in [2.45, 2.75) is 32.7 Å². The van der Waals surface area contributed by atoms with Gasteiger partial charge < -0.3 is 5.32 Å². The van der Waals surface area contributed by atoms with Gasteiger partial charge in [0.2, 0.25) is 0 Å². The van der Waals surface area contributed by atoms with Crippen molar-refractivity contribution in [3.63, 3.8) is 0 Å². The summed E-state index contributed by atoms with van der Waals surface area (Å²) in [5.74, 6) is 1.50. The van der Waals surface area contributed by atoms with Crippen LogP contribution in [0.2, 0.25) is 10.0 Å². The third kappa shape index (κ3) is 3.12. The molecule has 2 heterocycles. The van der Waals surface area contributed by atoms with Gasteiger partial charge in [-0.3, -0.25) is 4.98 Å². The summed E-state index contributed by atoms with van der Waals surface area (Å²) in [5, 5.41) is 4.90. The van der Waals surface area contributed by atoms with Gasteiger partial charge in [0.1, 0.15) is 0 Å². The number of rotatable bonds is 3. The molecule has 2 atom stereocenters. The summed E-state index contributed by atoms with van der Waals surface area (Å²) in [4.78, 5) is 3.98. The second-order valence-electron chi connectivity index (χ2n) is 5.13. The molecule has 1 unspecified atom stereocenters. The zero-order valence-corrected chi connectivity index (χ0v) is 11.7. The summed E-state index contributed by atoms with van der Waals surface area (Å²) < 4.78 is 0. The standard InChI is InChI=1S/C13H18Cl2N2/c1-8(2)9-3-10(17-5-9)4-11-12(14)6-16-7-13(11)15/h6-10,17H,3-5H2,1-2H3/t9?,10-/m1/s1. The molecule has 0 aromatic carbocycles. The summed E-state index contributed by atoms with van der Waals surface area (Å²) in [7, 11) is 0. The van der Waals surface area contributed by atoms with E-state index in [1.807, 2.05) is 0 Å². The molecule has 1 aliphatic heterocycles. The van der Waals surface area contributed by atoms with E-state index in [4.69, 9.17) is 23.2 Å². The van der Waals surface area contributed by atoms with Gasteiger partial charge in [-0.2, -0.15) is 0 Å². The highest BCUT2D eigenvalue weighted by molar-refractivity contribution is 6.35. The largest absolute Gasteiger partial charge is 0.313 e. The molecule has 0 aliphatic carbocycles. The SMILES string of the molecule is CC(C)C1CN[C@@H](Cc2c(Cl)cncc2Cl)C1. The maximum absolute atomic E-state index is 6.13. The highest BCUT2D eigenvalue weighted by Gasteiger charge is 2.27. The number of halogens is 2. The van der Waals surface area contributed by atoms with Crippen LogP contribution >= 0.6 is 23.2 Å². The summed E-state index contributed by atoms with van der Waals surface area (Å²) in [5.41, 5.74) is 1.02. The third-order valence-electron chi connectivity index (χ3n) is 3.60. The van der Waals surface area contributed by atoms with Gasteiger partial charge in [0.15, 0.2) is 0 Å². The van der Waals surface area contributed by atoms with Gasteiger partial charge >= 0.3 is 0 Å². The summed E-state index contributed by atoms with van der Waals surface area (Å²) in [6.07, 6.45) is 5.42. The molecule has 1 N–H and O–H groups in total. The van der Waals surface area contributed by atoms with Crippen LogP contribution in [0.25, 0.3) is 0 Å². The highest BCUT2D eigenvalue weighted by Crippen LogP contribution is 2.29. The van der Waals surface area contributed by atoms with E-state index in [0.29, 0.717) is 16.1 Å². The van der Waals surface area contributed by atoms with E-state index < -0.39 is 0 Å². The first kappa shape index (κ1) is 13.1. The van der Waals surface area contributed by atoms with Crippen molar-refractivity contribution in [3.8, 4) is 0 Å². The molecule has 0 radical (unpaired) electrons. The third-order valence-corrected chi connectivity index (χ3v) is 4.25. The lowest BCUT2D eigenvalue weighted by molar-refractivity contribution is 0.410. The topological polar surface area (TPSA) is 24.9 Å². The minimum absolute atomic E-state index is 0.486. The predicted octanol–water partition coefficient (Wildman–Crippen LogP) is 3.57.